The molecule has 5 heteroatoms. The first-order valence-corrected chi connectivity index (χ1v) is 9.24. The van der Waals surface area contributed by atoms with Gasteiger partial charge in [-0.3, -0.25) is 0 Å². The number of aromatic nitrogens is 2. The third-order valence-electron chi connectivity index (χ3n) is 5.17. The standard InChI is InChI=1S/C21H24N4O/c1-24-18-12-6-5-11-17(18)23-20(24)19-13-7-8-14-25(19)21(26)22-15-16-9-3-2-4-10-16/h2-6,9-12,19H,7-8,13-15H2,1H3,(H,22,26)/t19-/m1/s1. The Kier molecular flexibility index (Phi) is 4.61. The number of hydrogen-bond donors (Lipinski definition) is 1. The number of aryl methyl sites for hydroxylation is 1. The van der Waals surface area contributed by atoms with Crippen molar-refractivity contribution in [3.05, 3.63) is 66.0 Å². The summed E-state index contributed by atoms with van der Waals surface area (Å²) in [6.07, 6.45) is 3.12. The van der Waals surface area contributed by atoms with Crippen LogP contribution in [0.2, 0.25) is 0 Å². The van der Waals surface area contributed by atoms with Gasteiger partial charge in [-0.05, 0) is 37.0 Å². The van der Waals surface area contributed by atoms with E-state index in [-0.39, 0.29) is 12.1 Å². The summed E-state index contributed by atoms with van der Waals surface area (Å²) in [7, 11) is 2.04. The Morgan fingerprint density at radius 2 is 1.88 bits per heavy atom. The van der Waals surface area contributed by atoms with Crippen molar-refractivity contribution in [3.8, 4) is 0 Å². The van der Waals surface area contributed by atoms with Crippen LogP contribution in [0.3, 0.4) is 0 Å². The molecular formula is C21H24N4O. The number of urea groups is 1. The van der Waals surface area contributed by atoms with Gasteiger partial charge in [0.1, 0.15) is 5.82 Å². The first-order valence-electron chi connectivity index (χ1n) is 9.24. The molecule has 2 aromatic carbocycles. The number of carbonyl (C=O) groups is 1. The maximum Gasteiger partial charge on any atom is 0.318 e. The normalized spacial score (nSPS) is 17.4. The number of rotatable bonds is 3. The Labute approximate surface area is 153 Å². The van der Waals surface area contributed by atoms with Crippen molar-refractivity contribution >= 4 is 17.1 Å². The quantitative estimate of drug-likeness (QED) is 0.777. The lowest BCUT2D eigenvalue weighted by Crippen LogP contribution is -2.45. The zero-order valence-electron chi connectivity index (χ0n) is 15.1. The van der Waals surface area contributed by atoms with Gasteiger partial charge in [0.2, 0.25) is 0 Å². The van der Waals surface area contributed by atoms with Crippen molar-refractivity contribution in [1.29, 1.82) is 0 Å². The number of amides is 2. The Morgan fingerprint density at radius 1 is 1.12 bits per heavy atom. The summed E-state index contributed by atoms with van der Waals surface area (Å²) >= 11 is 0. The van der Waals surface area contributed by atoms with Crippen LogP contribution in [0.4, 0.5) is 4.79 Å². The van der Waals surface area contributed by atoms with E-state index in [2.05, 4.69) is 16.0 Å². The molecule has 1 fully saturated rings. The van der Waals surface area contributed by atoms with E-state index in [1.807, 2.05) is 60.5 Å². The average Bonchev–Trinajstić information content (AvgIpc) is 3.04. The summed E-state index contributed by atoms with van der Waals surface area (Å²) in [5, 5.41) is 3.07. The van der Waals surface area contributed by atoms with Gasteiger partial charge in [0.15, 0.2) is 0 Å². The van der Waals surface area contributed by atoms with Gasteiger partial charge in [0, 0.05) is 20.1 Å². The van der Waals surface area contributed by atoms with E-state index in [4.69, 9.17) is 4.98 Å². The smallest absolute Gasteiger partial charge is 0.318 e. The van der Waals surface area contributed by atoms with E-state index < -0.39 is 0 Å². The minimum Gasteiger partial charge on any atom is -0.334 e. The summed E-state index contributed by atoms with van der Waals surface area (Å²) < 4.78 is 2.13. The largest absolute Gasteiger partial charge is 0.334 e. The summed E-state index contributed by atoms with van der Waals surface area (Å²) in [4.78, 5) is 19.6. The molecule has 1 aliphatic heterocycles. The lowest BCUT2D eigenvalue weighted by Gasteiger charge is -2.35. The zero-order valence-corrected chi connectivity index (χ0v) is 15.1. The number of imidazole rings is 1. The van der Waals surface area contributed by atoms with Gasteiger partial charge in [-0.1, -0.05) is 42.5 Å². The van der Waals surface area contributed by atoms with Gasteiger partial charge < -0.3 is 14.8 Å². The third kappa shape index (κ3) is 3.17. The van der Waals surface area contributed by atoms with E-state index in [0.29, 0.717) is 6.54 Å². The molecule has 4 rings (SSSR count). The van der Waals surface area contributed by atoms with Crippen LogP contribution < -0.4 is 5.32 Å². The molecule has 0 unspecified atom stereocenters. The molecule has 5 nitrogen and oxygen atoms in total. The van der Waals surface area contributed by atoms with Crippen LogP contribution in [-0.4, -0.2) is 27.0 Å². The molecule has 0 bridgehead atoms. The highest BCUT2D eigenvalue weighted by atomic mass is 16.2. The molecule has 26 heavy (non-hydrogen) atoms. The molecular weight excluding hydrogens is 324 g/mol. The van der Waals surface area contributed by atoms with Gasteiger partial charge in [-0.25, -0.2) is 9.78 Å². The molecule has 2 amide bonds. The molecule has 1 saturated heterocycles. The Hall–Kier alpha value is -2.82. The van der Waals surface area contributed by atoms with Gasteiger partial charge in [-0.2, -0.15) is 0 Å². The number of carbonyl (C=O) groups excluding carboxylic acids is 1. The minimum absolute atomic E-state index is 0.00870. The maximum atomic E-state index is 12.9. The first kappa shape index (κ1) is 16.6. The van der Waals surface area contributed by atoms with Gasteiger partial charge in [0.05, 0.1) is 17.1 Å². The summed E-state index contributed by atoms with van der Waals surface area (Å²) in [6.45, 7) is 1.32. The summed E-state index contributed by atoms with van der Waals surface area (Å²) in [5.41, 5.74) is 3.20. The molecule has 1 aliphatic rings. The van der Waals surface area contributed by atoms with Gasteiger partial charge >= 0.3 is 6.03 Å². The van der Waals surface area contributed by atoms with Crippen molar-refractivity contribution in [2.24, 2.45) is 7.05 Å². The fourth-order valence-electron chi connectivity index (χ4n) is 3.78. The number of piperidine rings is 1. The Morgan fingerprint density at radius 3 is 2.69 bits per heavy atom. The highest BCUT2D eigenvalue weighted by Crippen LogP contribution is 2.32. The number of nitrogens with one attached hydrogen (secondary N) is 1. The van der Waals surface area contributed by atoms with Crippen LogP contribution in [0.15, 0.2) is 54.6 Å². The lowest BCUT2D eigenvalue weighted by atomic mass is 10.0. The van der Waals surface area contributed by atoms with E-state index in [1.165, 1.54) is 0 Å². The fourth-order valence-corrected chi connectivity index (χ4v) is 3.78. The van der Waals surface area contributed by atoms with Crippen LogP contribution >= 0.6 is 0 Å². The molecule has 134 valence electrons. The SMILES string of the molecule is Cn1c([C@H]2CCCCN2C(=O)NCc2ccccc2)nc2ccccc21. The highest BCUT2D eigenvalue weighted by molar-refractivity contribution is 5.77. The van der Waals surface area contributed by atoms with Crippen molar-refractivity contribution < 1.29 is 4.79 Å². The van der Waals surface area contributed by atoms with E-state index in [1.54, 1.807) is 0 Å². The Bertz CT molecular complexity index is 903. The first-order chi connectivity index (χ1) is 12.7. The number of benzene rings is 2. The minimum atomic E-state index is -0.00870. The van der Waals surface area contributed by atoms with E-state index >= 15 is 0 Å². The molecule has 0 aliphatic carbocycles. The summed E-state index contributed by atoms with van der Waals surface area (Å²) in [5.74, 6) is 0.973. The Balaban J connectivity index is 1.55. The van der Waals surface area contributed by atoms with Crippen LogP contribution in [-0.2, 0) is 13.6 Å². The number of hydrogen-bond acceptors (Lipinski definition) is 2. The van der Waals surface area contributed by atoms with Crippen LogP contribution in [0, 0.1) is 0 Å². The molecule has 0 spiro atoms. The molecule has 1 aromatic heterocycles. The van der Waals surface area contributed by atoms with Gasteiger partial charge in [0.25, 0.3) is 0 Å². The maximum absolute atomic E-state index is 12.9. The molecule has 2 heterocycles. The molecule has 0 saturated carbocycles. The third-order valence-corrected chi connectivity index (χ3v) is 5.17. The number of fused-ring (bicyclic) bond motifs is 1. The van der Waals surface area contributed by atoms with Crippen LogP contribution in [0.1, 0.15) is 36.7 Å². The van der Waals surface area contributed by atoms with E-state index in [9.17, 15) is 4.79 Å². The number of nitrogens with zero attached hydrogens (tertiary/aromatic N) is 3. The fraction of sp³-hybridized carbons (Fsp3) is 0.333. The van der Waals surface area contributed by atoms with Crippen LogP contribution in [0.5, 0.6) is 0 Å². The van der Waals surface area contributed by atoms with Crippen molar-refractivity contribution in [2.45, 2.75) is 31.8 Å². The second kappa shape index (κ2) is 7.20. The second-order valence-electron chi connectivity index (χ2n) is 6.87. The molecule has 0 radical (unpaired) electrons. The topological polar surface area (TPSA) is 50.2 Å². The monoisotopic (exact) mass is 348 g/mol. The van der Waals surface area contributed by atoms with E-state index in [0.717, 1.165) is 48.2 Å². The average molecular weight is 348 g/mol. The molecule has 1 N–H and O–H groups in total. The van der Waals surface area contributed by atoms with Crippen LogP contribution in [0.25, 0.3) is 11.0 Å². The highest BCUT2D eigenvalue weighted by Gasteiger charge is 2.31. The number of likely N-dealkylation sites (tertiary alicyclic amines) is 1. The lowest BCUT2D eigenvalue weighted by molar-refractivity contribution is 0.146. The second-order valence-corrected chi connectivity index (χ2v) is 6.87. The molecule has 3 aromatic rings. The predicted molar refractivity (Wildman–Crippen MR) is 103 cm³/mol. The van der Waals surface area contributed by atoms with Gasteiger partial charge in [-0.15, -0.1) is 0 Å². The summed E-state index contributed by atoms with van der Waals surface area (Å²) in [6, 6.07) is 18.2. The van der Waals surface area contributed by atoms with Crippen molar-refractivity contribution in [2.75, 3.05) is 6.54 Å². The van der Waals surface area contributed by atoms with Crippen molar-refractivity contribution in [3.63, 3.8) is 0 Å². The number of para-hydroxylation sites is 2. The zero-order chi connectivity index (χ0) is 17.9. The van der Waals surface area contributed by atoms with Crippen molar-refractivity contribution in [1.82, 2.24) is 19.8 Å². The predicted octanol–water partition coefficient (Wildman–Crippen LogP) is 4.01. The molecule has 1 atom stereocenters.